The van der Waals surface area contributed by atoms with Crippen LogP contribution in [0.1, 0.15) is 30.1 Å². The topological polar surface area (TPSA) is 121 Å². The van der Waals surface area contributed by atoms with E-state index in [1.165, 1.54) is 0 Å². The molecular formula is C25H29BrN2O6. The van der Waals surface area contributed by atoms with E-state index in [2.05, 4.69) is 27.8 Å². The summed E-state index contributed by atoms with van der Waals surface area (Å²) in [4.78, 5) is 18.3. The Balaban J connectivity index is 2.01. The van der Waals surface area contributed by atoms with Gasteiger partial charge in [-0.3, -0.25) is 4.79 Å². The fourth-order valence-corrected chi connectivity index (χ4v) is 4.15. The number of hydrogen-bond acceptors (Lipinski definition) is 7. The number of ether oxygens (including phenoxy) is 2. The van der Waals surface area contributed by atoms with Crippen molar-refractivity contribution in [2.45, 2.75) is 30.5 Å². The number of nitrogens with one attached hydrogen (secondary N) is 1. The summed E-state index contributed by atoms with van der Waals surface area (Å²) >= 11 is 3.55. The van der Waals surface area contributed by atoms with Gasteiger partial charge in [0.15, 0.2) is 11.6 Å². The summed E-state index contributed by atoms with van der Waals surface area (Å²) in [6.45, 7) is 3.44. The molecule has 0 aromatic heterocycles. The Kier molecular flexibility index (Phi) is 9.23. The predicted octanol–water partition coefficient (Wildman–Crippen LogP) is 2.51. The number of halogens is 1. The molecule has 0 radical (unpaired) electrons. The van der Waals surface area contributed by atoms with E-state index < -0.39 is 36.8 Å². The van der Waals surface area contributed by atoms with Gasteiger partial charge in [-0.2, -0.15) is 0 Å². The molecule has 2 atom stereocenters. The first kappa shape index (κ1) is 25.9. The number of carbonyl (C=O) groups is 1. The van der Waals surface area contributed by atoms with E-state index in [0.29, 0.717) is 24.3 Å². The summed E-state index contributed by atoms with van der Waals surface area (Å²) in [6.07, 6.45) is 1.52. The van der Waals surface area contributed by atoms with E-state index in [0.717, 1.165) is 10.0 Å². The molecule has 1 aliphatic rings. The van der Waals surface area contributed by atoms with Crippen LogP contribution in [0.25, 0.3) is 0 Å². The number of hydrogen-bond donors (Lipinski definition) is 4. The number of benzene rings is 2. The molecule has 3 rings (SSSR count). The third-order valence-electron chi connectivity index (χ3n) is 5.45. The lowest BCUT2D eigenvalue weighted by Crippen LogP contribution is -2.53. The third-order valence-corrected chi connectivity index (χ3v) is 6.17. The van der Waals surface area contributed by atoms with Gasteiger partial charge in [0, 0.05) is 35.0 Å². The Hall–Kier alpha value is -2.72. The third kappa shape index (κ3) is 5.67. The molecule has 1 heterocycles. The number of amides is 1. The van der Waals surface area contributed by atoms with Crippen molar-refractivity contribution in [1.82, 2.24) is 5.32 Å². The quantitative estimate of drug-likeness (QED) is 0.246. The van der Waals surface area contributed by atoms with Crippen LogP contribution < -0.4 is 10.1 Å². The lowest BCUT2D eigenvalue weighted by atomic mass is 9.84. The molecule has 1 aliphatic heterocycles. The lowest BCUT2D eigenvalue weighted by molar-refractivity contribution is -0.130. The van der Waals surface area contributed by atoms with E-state index in [1.807, 2.05) is 24.3 Å². The molecular weight excluding hydrogens is 504 g/mol. The Morgan fingerprint density at radius 1 is 1.21 bits per heavy atom. The highest BCUT2D eigenvalue weighted by Gasteiger charge is 2.53. The van der Waals surface area contributed by atoms with Gasteiger partial charge in [-0.25, -0.2) is 4.99 Å². The number of nitrogens with zero attached hydrogens (tertiary/aromatic N) is 1. The summed E-state index contributed by atoms with van der Waals surface area (Å²) in [5.41, 5.74) is -0.0160. The highest BCUT2D eigenvalue weighted by Crippen LogP contribution is 2.44. The van der Waals surface area contributed by atoms with Crippen LogP contribution in [0.4, 0.5) is 0 Å². The first-order valence-electron chi connectivity index (χ1n) is 11.0. The van der Waals surface area contributed by atoms with E-state index in [-0.39, 0.29) is 18.9 Å². The molecule has 0 saturated carbocycles. The van der Waals surface area contributed by atoms with Crippen molar-refractivity contribution in [3.05, 3.63) is 76.8 Å². The second-order valence-electron chi connectivity index (χ2n) is 7.84. The molecule has 34 heavy (non-hydrogen) atoms. The largest absolute Gasteiger partial charge is 0.494 e. The van der Waals surface area contributed by atoms with Crippen molar-refractivity contribution in [1.29, 1.82) is 0 Å². The minimum Gasteiger partial charge on any atom is -0.494 e. The molecule has 0 unspecified atom stereocenters. The van der Waals surface area contributed by atoms with Gasteiger partial charge in [-0.1, -0.05) is 40.2 Å². The van der Waals surface area contributed by atoms with Crippen LogP contribution in [-0.2, 0) is 9.53 Å². The summed E-state index contributed by atoms with van der Waals surface area (Å²) < 4.78 is 12.6. The Labute approximate surface area is 207 Å². The molecule has 0 spiro atoms. The van der Waals surface area contributed by atoms with Crippen molar-refractivity contribution in [2.75, 3.05) is 26.4 Å². The Morgan fingerprint density at radius 2 is 1.91 bits per heavy atom. The summed E-state index contributed by atoms with van der Waals surface area (Å²) in [6, 6.07) is 13.7. The van der Waals surface area contributed by atoms with Crippen molar-refractivity contribution in [3.63, 3.8) is 0 Å². The second-order valence-corrected chi connectivity index (χ2v) is 8.69. The monoisotopic (exact) mass is 532 g/mol. The molecule has 0 aliphatic carbocycles. The van der Waals surface area contributed by atoms with Gasteiger partial charge in [0.25, 0.3) is 5.91 Å². The van der Waals surface area contributed by atoms with Crippen LogP contribution in [0.15, 0.2) is 70.7 Å². The number of rotatable bonds is 12. The molecule has 0 bridgehead atoms. The van der Waals surface area contributed by atoms with Crippen LogP contribution in [0.5, 0.6) is 5.75 Å². The zero-order valence-electron chi connectivity index (χ0n) is 18.7. The molecule has 8 nitrogen and oxygen atoms in total. The van der Waals surface area contributed by atoms with Gasteiger partial charge >= 0.3 is 0 Å². The molecule has 9 heteroatoms. The number of aliphatic hydroxyl groups is 3. The Morgan fingerprint density at radius 3 is 2.53 bits per heavy atom. The number of aliphatic imine (C=N–C) groups is 1. The second kappa shape index (κ2) is 12.1. The normalized spacial score (nSPS) is 19.4. The molecule has 0 saturated heterocycles. The molecule has 2 aromatic carbocycles. The zero-order valence-corrected chi connectivity index (χ0v) is 20.3. The maximum absolute atomic E-state index is 13.5. The molecule has 1 amide bonds. The molecule has 4 N–H and O–H groups in total. The number of aliphatic hydroxyl groups excluding tert-OH is 3. The maximum atomic E-state index is 13.5. The van der Waals surface area contributed by atoms with Crippen LogP contribution in [0, 0.1) is 0 Å². The number of carbonyl (C=O) groups excluding carboxylic acids is 1. The SMILES string of the molecule is C=CC[C@@]1(C(=O)NC(CO)CO)N=C(c2ccc(OCCCO)cc2)O[C@@H]1c1ccccc1Br. The van der Waals surface area contributed by atoms with Gasteiger partial charge in [0.05, 0.1) is 25.9 Å². The predicted molar refractivity (Wildman–Crippen MR) is 132 cm³/mol. The standard InChI is InChI=1S/C25H29BrN2O6/c1-2-12-25(24(32)27-18(15-30)16-31)22(20-6-3-4-7-21(20)26)34-23(28-25)17-8-10-19(11-9-17)33-14-5-13-29/h2-4,6-11,18,22,29-31H,1,5,12-16H2,(H,27,32)/t22-,25-/m1/s1. The van der Waals surface area contributed by atoms with Crippen molar-refractivity contribution >= 4 is 27.7 Å². The highest BCUT2D eigenvalue weighted by molar-refractivity contribution is 9.10. The smallest absolute Gasteiger partial charge is 0.253 e. The summed E-state index contributed by atoms with van der Waals surface area (Å²) in [5, 5.41) is 30.6. The Bertz CT molecular complexity index is 1010. The molecule has 2 aromatic rings. The van der Waals surface area contributed by atoms with Crippen LogP contribution >= 0.6 is 15.9 Å². The van der Waals surface area contributed by atoms with Crippen LogP contribution in [0.3, 0.4) is 0 Å². The van der Waals surface area contributed by atoms with E-state index in [4.69, 9.17) is 19.6 Å². The van der Waals surface area contributed by atoms with Crippen molar-refractivity contribution in [3.8, 4) is 5.75 Å². The highest BCUT2D eigenvalue weighted by atomic mass is 79.9. The molecule has 182 valence electrons. The fraction of sp³-hybridized carbons (Fsp3) is 0.360. The van der Waals surface area contributed by atoms with Gasteiger partial charge in [-0.15, -0.1) is 6.58 Å². The maximum Gasteiger partial charge on any atom is 0.253 e. The van der Waals surface area contributed by atoms with E-state index >= 15 is 0 Å². The summed E-state index contributed by atoms with van der Waals surface area (Å²) in [7, 11) is 0. The molecule has 0 fully saturated rings. The van der Waals surface area contributed by atoms with Crippen molar-refractivity contribution < 1.29 is 29.6 Å². The zero-order chi connectivity index (χ0) is 24.6. The van der Waals surface area contributed by atoms with E-state index in [1.54, 1.807) is 30.3 Å². The minimum atomic E-state index is -1.40. The average molecular weight is 533 g/mol. The average Bonchev–Trinajstić information content (AvgIpc) is 3.24. The summed E-state index contributed by atoms with van der Waals surface area (Å²) in [5.74, 6) is 0.436. The van der Waals surface area contributed by atoms with E-state index in [9.17, 15) is 15.0 Å². The van der Waals surface area contributed by atoms with Gasteiger partial charge in [-0.05, 0) is 30.3 Å². The van der Waals surface area contributed by atoms with Crippen molar-refractivity contribution in [2.24, 2.45) is 4.99 Å². The van der Waals surface area contributed by atoms with Gasteiger partial charge in [0.2, 0.25) is 5.90 Å². The first-order chi connectivity index (χ1) is 16.5. The van der Waals surface area contributed by atoms with Gasteiger partial charge in [0.1, 0.15) is 5.75 Å². The van der Waals surface area contributed by atoms with Gasteiger partial charge < -0.3 is 30.1 Å². The first-order valence-corrected chi connectivity index (χ1v) is 11.8. The minimum absolute atomic E-state index is 0.0556. The van der Waals surface area contributed by atoms with Crippen LogP contribution in [0.2, 0.25) is 0 Å². The fourth-order valence-electron chi connectivity index (χ4n) is 3.66. The lowest BCUT2D eigenvalue weighted by Gasteiger charge is -2.31. The van der Waals surface area contributed by atoms with Crippen LogP contribution in [-0.4, -0.2) is 65.1 Å².